The standard InChI is InChI=1S/C13H27N3/c1-3-4-8-15(2)13(10-14)7-9-16(11-13)12-5-6-12/h12H,3-11,14H2,1-2H3. The molecule has 0 radical (unpaired) electrons. The van der Waals surface area contributed by atoms with Crippen molar-refractivity contribution < 1.29 is 0 Å². The Labute approximate surface area is 100.0 Å². The molecule has 0 aromatic rings. The first-order valence-electron chi connectivity index (χ1n) is 6.87. The van der Waals surface area contributed by atoms with E-state index in [0.29, 0.717) is 0 Å². The molecule has 1 aliphatic heterocycles. The Morgan fingerprint density at radius 1 is 1.44 bits per heavy atom. The second-order valence-corrected chi connectivity index (χ2v) is 5.66. The predicted octanol–water partition coefficient (Wildman–Crippen LogP) is 1.28. The van der Waals surface area contributed by atoms with Gasteiger partial charge in [0, 0.05) is 31.2 Å². The minimum absolute atomic E-state index is 0.276. The summed E-state index contributed by atoms with van der Waals surface area (Å²) in [6, 6.07) is 0.896. The Morgan fingerprint density at radius 3 is 2.75 bits per heavy atom. The third-order valence-electron chi connectivity index (χ3n) is 4.46. The average molecular weight is 225 g/mol. The third kappa shape index (κ3) is 2.41. The van der Waals surface area contributed by atoms with E-state index in [9.17, 15) is 0 Å². The molecule has 3 nitrogen and oxygen atoms in total. The number of hydrogen-bond donors (Lipinski definition) is 1. The van der Waals surface area contributed by atoms with E-state index in [1.54, 1.807) is 0 Å². The van der Waals surface area contributed by atoms with Gasteiger partial charge >= 0.3 is 0 Å². The Kier molecular flexibility index (Phi) is 3.88. The van der Waals surface area contributed by atoms with Gasteiger partial charge in [0.15, 0.2) is 0 Å². The zero-order valence-corrected chi connectivity index (χ0v) is 10.9. The van der Waals surface area contributed by atoms with Gasteiger partial charge in [-0.25, -0.2) is 0 Å². The molecule has 1 saturated heterocycles. The lowest BCUT2D eigenvalue weighted by molar-refractivity contribution is 0.126. The van der Waals surface area contributed by atoms with Crippen LogP contribution in [0.3, 0.4) is 0 Å². The first kappa shape index (κ1) is 12.3. The number of likely N-dealkylation sites (tertiary alicyclic amines) is 1. The van der Waals surface area contributed by atoms with E-state index in [-0.39, 0.29) is 5.54 Å². The quantitative estimate of drug-likeness (QED) is 0.739. The van der Waals surface area contributed by atoms with Crippen LogP contribution in [-0.4, -0.2) is 54.6 Å². The molecule has 0 aromatic heterocycles. The molecule has 0 bridgehead atoms. The van der Waals surface area contributed by atoms with Gasteiger partial charge in [0.1, 0.15) is 0 Å². The van der Waals surface area contributed by atoms with Crippen molar-refractivity contribution in [3.05, 3.63) is 0 Å². The van der Waals surface area contributed by atoms with Crippen molar-refractivity contribution in [3.63, 3.8) is 0 Å². The summed E-state index contributed by atoms with van der Waals surface area (Å²) < 4.78 is 0. The van der Waals surface area contributed by atoms with E-state index in [2.05, 4.69) is 23.8 Å². The normalized spacial score (nSPS) is 31.5. The molecule has 3 heteroatoms. The van der Waals surface area contributed by atoms with Crippen LogP contribution in [0.15, 0.2) is 0 Å². The summed E-state index contributed by atoms with van der Waals surface area (Å²) in [5.74, 6) is 0. The highest BCUT2D eigenvalue weighted by Crippen LogP contribution is 2.35. The SMILES string of the molecule is CCCCN(C)C1(CN)CCN(C2CC2)C1. The fourth-order valence-electron chi connectivity index (χ4n) is 2.91. The number of nitrogens with two attached hydrogens (primary N) is 1. The highest BCUT2D eigenvalue weighted by Gasteiger charge is 2.44. The molecule has 1 aliphatic carbocycles. The van der Waals surface area contributed by atoms with Crippen LogP contribution in [0.5, 0.6) is 0 Å². The summed E-state index contributed by atoms with van der Waals surface area (Å²) in [4.78, 5) is 5.19. The van der Waals surface area contributed by atoms with Crippen LogP contribution in [0.25, 0.3) is 0 Å². The van der Waals surface area contributed by atoms with Crippen LogP contribution in [0, 0.1) is 0 Å². The highest BCUT2D eigenvalue weighted by atomic mass is 15.3. The number of hydrogen-bond acceptors (Lipinski definition) is 3. The van der Waals surface area contributed by atoms with Gasteiger partial charge in [-0.3, -0.25) is 9.80 Å². The zero-order valence-electron chi connectivity index (χ0n) is 10.9. The topological polar surface area (TPSA) is 32.5 Å². The molecular formula is C13H27N3. The van der Waals surface area contributed by atoms with E-state index in [4.69, 9.17) is 5.73 Å². The van der Waals surface area contributed by atoms with Crippen LogP contribution < -0.4 is 5.73 Å². The molecule has 0 aromatic carbocycles. The van der Waals surface area contributed by atoms with Gasteiger partial charge < -0.3 is 5.73 Å². The molecule has 2 rings (SSSR count). The smallest absolute Gasteiger partial charge is 0.0467 e. The summed E-state index contributed by atoms with van der Waals surface area (Å²) in [7, 11) is 2.26. The molecule has 2 fully saturated rings. The van der Waals surface area contributed by atoms with Crippen LogP contribution in [0.4, 0.5) is 0 Å². The summed E-state index contributed by atoms with van der Waals surface area (Å²) in [5.41, 5.74) is 6.33. The monoisotopic (exact) mass is 225 g/mol. The fraction of sp³-hybridized carbons (Fsp3) is 1.00. The first-order valence-corrected chi connectivity index (χ1v) is 6.87. The van der Waals surface area contributed by atoms with E-state index in [1.807, 2.05) is 0 Å². The number of nitrogens with zero attached hydrogens (tertiary/aromatic N) is 2. The summed E-state index contributed by atoms with van der Waals surface area (Å²) in [5, 5.41) is 0. The molecule has 16 heavy (non-hydrogen) atoms. The second kappa shape index (κ2) is 5.03. The average Bonchev–Trinajstić information content (AvgIpc) is 3.06. The van der Waals surface area contributed by atoms with Gasteiger partial charge in [-0.2, -0.15) is 0 Å². The second-order valence-electron chi connectivity index (χ2n) is 5.66. The fourth-order valence-corrected chi connectivity index (χ4v) is 2.91. The van der Waals surface area contributed by atoms with Crippen molar-refractivity contribution in [3.8, 4) is 0 Å². The Morgan fingerprint density at radius 2 is 2.19 bits per heavy atom. The molecule has 1 heterocycles. The van der Waals surface area contributed by atoms with E-state index < -0.39 is 0 Å². The summed E-state index contributed by atoms with van der Waals surface area (Å²) >= 11 is 0. The Balaban J connectivity index is 1.91. The van der Waals surface area contributed by atoms with E-state index in [0.717, 1.165) is 12.6 Å². The van der Waals surface area contributed by atoms with Gasteiger partial charge in [0.2, 0.25) is 0 Å². The Hall–Kier alpha value is -0.120. The van der Waals surface area contributed by atoms with Crippen molar-refractivity contribution in [2.75, 3.05) is 33.2 Å². The maximum Gasteiger partial charge on any atom is 0.0467 e. The molecule has 2 aliphatic rings. The van der Waals surface area contributed by atoms with Crippen LogP contribution in [-0.2, 0) is 0 Å². The molecule has 0 spiro atoms. The molecule has 0 amide bonds. The zero-order chi connectivity index (χ0) is 11.6. The van der Waals surface area contributed by atoms with Gasteiger partial charge in [-0.1, -0.05) is 13.3 Å². The highest BCUT2D eigenvalue weighted by molar-refractivity contribution is 5.02. The van der Waals surface area contributed by atoms with Crippen molar-refractivity contribution in [1.29, 1.82) is 0 Å². The van der Waals surface area contributed by atoms with Crippen LogP contribution >= 0.6 is 0 Å². The Bertz CT molecular complexity index is 227. The van der Waals surface area contributed by atoms with E-state index >= 15 is 0 Å². The summed E-state index contributed by atoms with van der Waals surface area (Å²) in [6.45, 7) is 6.74. The predicted molar refractivity (Wildman–Crippen MR) is 68.5 cm³/mol. The maximum atomic E-state index is 6.06. The van der Waals surface area contributed by atoms with Crippen molar-refractivity contribution >= 4 is 0 Å². The van der Waals surface area contributed by atoms with E-state index in [1.165, 1.54) is 51.7 Å². The molecule has 1 atom stereocenters. The molecule has 2 N–H and O–H groups in total. The summed E-state index contributed by atoms with van der Waals surface area (Å²) in [6.07, 6.45) is 6.66. The maximum absolute atomic E-state index is 6.06. The molecule has 94 valence electrons. The number of likely N-dealkylation sites (N-methyl/N-ethyl adjacent to an activating group) is 1. The minimum atomic E-state index is 0.276. The van der Waals surface area contributed by atoms with Crippen molar-refractivity contribution in [1.82, 2.24) is 9.80 Å². The van der Waals surface area contributed by atoms with Gasteiger partial charge in [-0.15, -0.1) is 0 Å². The largest absolute Gasteiger partial charge is 0.329 e. The molecular weight excluding hydrogens is 198 g/mol. The molecule has 1 unspecified atom stereocenters. The lowest BCUT2D eigenvalue weighted by atomic mass is 9.96. The lowest BCUT2D eigenvalue weighted by Gasteiger charge is -2.38. The first-order chi connectivity index (χ1) is 7.72. The van der Waals surface area contributed by atoms with Crippen molar-refractivity contribution in [2.24, 2.45) is 5.73 Å². The number of unbranched alkanes of at least 4 members (excludes halogenated alkanes) is 1. The van der Waals surface area contributed by atoms with Crippen molar-refractivity contribution in [2.45, 2.75) is 50.6 Å². The lowest BCUT2D eigenvalue weighted by Crippen LogP contribution is -2.54. The minimum Gasteiger partial charge on any atom is -0.329 e. The van der Waals surface area contributed by atoms with Gasteiger partial charge in [0.25, 0.3) is 0 Å². The number of rotatable bonds is 6. The third-order valence-corrected chi connectivity index (χ3v) is 4.46. The molecule has 1 saturated carbocycles. The van der Waals surface area contributed by atoms with Crippen LogP contribution in [0.1, 0.15) is 39.0 Å². The van der Waals surface area contributed by atoms with Gasteiger partial charge in [0.05, 0.1) is 0 Å². The van der Waals surface area contributed by atoms with Crippen LogP contribution in [0.2, 0.25) is 0 Å². The van der Waals surface area contributed by atoms with Gasteiger partial charge in [-0.05, 0) is 39.3 Å².